The van der Waals surface area contributed by atoms with Crippen molar-refractivity contribution in [1.29, 1.82) is 0 Å². The second-order valence-corrected chi connectivity index (χ2v) is 11.3. The summed E-state index contributed by atoms with van der Waals surface area (Å²) in [6.45, 7) is 0. The number of furan rings is 1. The highest BCUT2D eigenvalue weighted by Crippen LogP contribution is 2.47. The van der Waals surface area contributed by atoms with Crippen LogP contribution >= 0.6 is 0 Å². The minimum absolute atomic E-state index is 0.192. The number of para-hydroxylation sites is 1. The summed E-state index contributed by atoms with van der Waals surface area (Å²) in [4.78, 5) is 0. The molecule has 0 aliphatic heterocycles. The van der Waals surface area contributed by atoms with E-state index in [0.29, 0.717) is 5.56 Å². The first-order chi connectivity index (χ1) is 24.4. The lowest BCUT2D eigenvalue weighted by atomic mass is 9.84. The van der Waals surface area contributed by atoms with E-state index < -0.39 is 6.04 Å². The monoisotopic (exact) mass is 577 g/mol. The van der Waals surface area contributed by atoms with Crippen LogP contribution in [0.2, 0.25) is 0 Å². The molecule has 45 heavy (non-hydrogen) atoms. The van der Waals surface area contributed by atoms with Crippen LogP contribution in [0, 0.1) is 0 Å². The van der Waals surface area contributed by atoms with Crippen LogP contribution in [0.25, 0.3) is 88.0 Å². The van der Waals surface area contributed by atoms with Gasteiger partial charge in [0.25, 0.3) is 0 Å². The van der Waals surface area contributed by atoms with Gasteiger partial charge in [0.2, 0.25) is 0 Å². The summed E-state index contributed by atoms with van der Waals surface area (Å²) in [7, 11) is 0. The van der Waals surface area contributed by atoms with E-state index >= 15 is 0 Å². The van der Waals surface area contributed by atoms with Crippen molar-refractivity contribution in [3.8, 4) is 44.5 Å². The Kier molecular flexibility index (Phi) is 4.81. The Hall–Kier alpha value is -5.92. The summed E-state index contributed by atoms with van der Waals surface area (Å²) < 4.78 is 48.4. The Morgan fingerprint density at radius 3 is 1.62 bits per heavy atom. The van der Waals surface area contributed by atoms with Crippen molar-refractivity contribution >= 4 is 43.5 Å². The Bertz CT molecular complexity index is 2730. The summed E-state index contributed by atoms with van der Waals surface area (Å²) in [6.07, 6.45) is 0. The lowest BCUT2D eigenvalue weighted by molar-refractivity contribution is 0.670. The fourth-order valence-corrected chi connectivity index (χ4v) is 6.78. The highest BCUT2D eigenvalue weighted by atomic mass is 16.3. The first-order valence-electron chi connectivity index (χ1n) is 17.5. The van der Waals surface area contributed by atoms with Gasteiger partial charge in [-0.25, -0.2) is 0 Å². The van der Waals surface area contributed by atoms with Gasteiger partial charge in [-0.1, -0.05) is 145 Å². The van der Waals surface area contributed by atoms with Gasteiger partial charge in [0.15, 0.2) is 0 Å². The standard InChI is InChI=1S/C44H28O/c1-3-14-29(15-4-1)31-18-13-19-32(26-31)42-35-21-7-9-23-37(35)43(38-24-10-8-22-36(38)42)33-27-39(30-16-5-2-6-17-30)44-40(28-33)34-20-11-12-25-41(34)45-44/h1-28H/i1D,3D,4D,14D,15D. The molecule has 210 valence electrons. The van der Waals surface area contributed by atoms with Crippen LogP contribution in [0.1, 0.15) is 6.85 Å². The average molecular weight is 578 g/mol. The Morgan fingerprint density at radius 1 is 0.378 bits per heavy atom. The van der Waals surface area contributed by atoms with Crippen LogP contribution in [0.4, 0.5) is 0 Å². The SMILES string of the molecule is [2H]c1c([2H])c([2H])c(-c2cccc(-c3c4ccccc4c(-c4cc(-c5ccccc5)c5oc6ccccc6c5c4)c4ccccc34)c2)c([2H])c1[2H]. The van der Waals surface area contributed by atoms with Crippen LogP contribution in [0.5, 0.6) is 0 Å². The van der Waals surface area contributed by atoms with E-state index in [2.05, 4.69) is 78.9 Å². The molecule has 1 heterocycles. The lowest BCUT2D eigenvalue weighted by Crippen LogP contribution is -1.92. The van der Waals surface area contributed by atoms with Gasteiger partial charge in [0.05, 0.1) is 6.85 Å². The molecule has 0 fully saturated rings. The van der Waals surface area contributed by atoms with Crippen LogP contribution in [-0.2, 0) is 0 Å². The van der Waals surface area contributed by atoms with Gasteiger partial charge in [0.1, 0.15) is 11.2 Å². The van der Waals surface area contributed by atoms with Gasteiger partial charge in [0, 0.05) is 16.3 Å². The topological polar surface area (TPSA) is 13.1 Å². The summed E-state index contributed by atoms with van der Waals surface area (Å²) in [5, 5.41) is 6.40. The molecule has 0 spiro atoms. The van der Waals surface area contributed by atoms with E-state index in [9.17, 15) is 0 Å². The molecule has 0 saturated carbocycles. The second-order valence-electron chi connectivity index (χ2n) is 11.3. The van der Waals surface area contributed by atoms with Crippen molar-refractivity contribution in [2.45, 2.75) is 0 Å². The Balaban J connectivity index is 1.35. The summed E-state index contributed by atoms with van der Waals surface area (Å²) in [5.41, 5.74) is 8.68. The third-order valence-corrected chi connectivity index (χ3v) is 8.72. The van der Waals surface area contributed by atoms with E-state index in [1.165, 1.54) is 0 Å². The Labute approximate surface area is 268 Å². The summed E-state index contributed by atoms with van der Waals surface area (Å²) >= 11 is 0. The van der Waals surface area contributed by atoms with E-state index in [1.54, 1.807) is 0 Å². The highest BCUT2D eigenvalue weighted by molar-refractivity contribution is 6.23. The molecule has 1 nitrogen and oxygen atoms in total. The molecule has 0 bridgehead atoms. The molecular formula is C44H28O. The van der Waals surface area contributed by atoms with Crippen LogP contribution in [0.3, 0.4) is 0 Å². The van der Waals surface area contributed by atoms with Gasteiger partial charge >= 0.3 is 0 Å². The lowest BCUT2D eigenvalue weighted by Gasteiger charge is -2.19. The van der Waals surface area contributed by atoms with Crippen LogP contribution in [-0.4, -0.2) is 0 Å². The summed E-state index contributed by atoms with van der Waals surface area (Å²) in [5.74, 6) is 0. The molecule has 0 atom stereocenters. The zero-order valence-electron chi connectivity index (χ0n) is 29.2. The number of fused-ring (bicyclic) bond motifs is 5. The predicted molar refractivity (Wildman–Crippen MR) is 190 cm³/mol. The normalized spacial score (nSPS) is 13.1. The minimum Gasteiger partial charge on any atom is -0.455 e. The maximum absolute atomic E-state index is 8.63. The van der Waals surface area contributed by atoms with E-state index in [1.807, 2.05) is 60.7 Å². The molecule has 0 amide bonds. The molecule has 0 aliphatic carbocycles. The smallest absolute Gasteiger partial charge is 0.143 e. The van der Waals surface area contributed by atoms with Gasteiger partial charge in [-0.2, -0.15) is 0 Å². The largest absolute Gasteiger partial charge is 0.455 e. The number of hydrogen-bond acceptors (Lipinski definition) is 1. The fraction of sp³-hybridized carbons (Fsp3) is 0. The number of rotatable bonds is 4. The molecule has 0 saturated heterocycles. The molecule has 0 unspecified atom stereocenters. The van der Waals surface area contributed by atoms with Gasteiger partial charge in [-0.3, -0.25) is 0 Å². The van der Waals surface area contributed by atoms with Gasteiger partial charge < -0.3 is 4.42 Å². The first kappa shape index (κ1) is 20.9. The van der Waals surface area contributed by atoms with Gasteiger partial charge in [-0.15, -0.1) is 0 Å². The molecule has 0 radical (unpaired) electrons. The van der Waals surface area contributed by atoms with Gasteiger partial charge in [-0.05, 0) is 84.8 Å². The third-order valence-electron chi connectivity index (χ3n) is 8.72. The molecule has 8 aromatic carbocycles. The minimum atomic E-state index is -0.399. The first-order valence-corrected chi connectivity index (χ1v) is 15.0. The highest BCUT2D eigenvalue weighted by Gasteiger charge is 2.20. The van der Waals surface area contributed by atoms with E-state index in [4.69, 9.17) is 11.3 Å². The quantitative estimate of drug-likeness (QED) is 0.190. The predicted octanol–water partition coefficient (Wildman–Crippen LogP) is 12.6. The van der Waals surface area contributed by atoms with Crippen molar-refractivity contribution in [1.82, 2.24) is 0 Å². The molecule has 0 aliphatic rings. The Morgan fingerprint density at radius 2 is 0.933 bits per heavy atom. The number of hydrogen-bond donors (Lipinski definition) is 0. The fourth-order valence-electron chi connectivity index (χ4n) is 6.78. The van der Waals surface area contributed by atoms with E-state index in [-0.39, 0.29) is 29.7 Å². The van der Waals surface area contributed by atoms with Crippen LogP contribution < -0.4 is 0 Å². The van der Waals surface area contributed by atoms with Crippen LogP contribution in [0.15, 0.2) is 174 Å². The summed E-state index contributed by atoms with van der Waals surface area (Å²) in [6, 6.07) is 46.0. The van der Waals surface area contributed by atoms with Crippen molar-refractivity contribution in [3.05, 3.63) is 170 Å². The zero-order chi connectivity index (χ0) is 34.1. The van der Waals surface area contributed by atoms with Crippen molar-refractivity contribution < 1.29 is 11.3 Å². The van der Waals surface area contributed by atoms with E-state index in [0.717, 1.165) is 76.9 Å². The average Bonchev–Trinajstić information content (AvgIpc) is 3.54. The molecular weight excluding hydrogens is 544 g/mol. The number of benzene rings is 8. The molecule has 0 N–H and O–H groups in total. The molecule has 9 rings (SSSR count). The second kappa shape index (κ2) is 10.4. The van der Waals surface area contributed by atoms with Crippen molar-refractivity contribution in [2.75, 3.05) is 0 Å². The maximum Gasteiger partial charge on any atom is 0.143 e. The zero-order valence-corrected chi connectivity index (χ0v) is 24.2. The maximum atomic E-state index is 8.63. The molecule has 1 heteroatoms. The third kappa shape index (κ3) is 4.17. The molecule has 1 aromatic heterocycles. The van der Waals surface area contributed by atoms with Crippen molar-refractivity contribution in [2.24, 2.45) is 0 Å². The molecule has 9 aromatic rings. The van der Waals surface area contributed by atoms with Crippen molar-refractivity contribution in [3.63, 3.8) is 0 Å².